The largest absolute Gasteiger partial charge is 0.469 e. The number of hydrogen-bond donors (Lipinski definition) is 0. The zero-order valence-corrected chi connectivity index (χ0v) is 6.90. The van der Waals surface area contributed by atoms with Gasteiger partial charge in [-0.25, -0.2) is 0 Å². The van der Waals surface area contributed by atoms with Gasteiger partial charge in [-0.1, -0.05) is 0 Å². The van der Waals surface area contributed by atoms with Gasteiger partial charge in [0.1, 0.15) is 6.07 Å². The number of nitrogens with zero attached hydrogens (tertiary/aromatic N) is 2. The third kappa shape index (κ3) is 1.58. The molecule has 64 valence electrons. The van der Waals surface area contributed by atoms with Crippen molar-refractivity contribution >= 4 is 15.9 Å². The smallest absolute Gasteiger partial charge is 0.424 e. The summed E-state index contributed by atoms with van der Waals surface area (Å²) in [6.45, 7) is 0. The molecule has 0 saturated heterocycles. The lowest BCUT2D eigenvalue weighted by Gasteiger charge is -1.96. The van der Waals surface area contributed by atoms with Crippen LogP contribution in [0, 0.1) is 11.3 Å². The molecule has 0 amide bonds. The Labute approximate surface area is 72.9 Å². The van der Waals surface area contributed by atoms with Crippen molar-refractivity contribution in [3.8, 4) is 6.07 Å². The topological polar surface area (TPSA) is 49.8 Å². The lowest BCUT2D eigenvalue weighted by molar-refractivity contribution is -0.157. The SMILES string of the molecule is N#Cc1nc(C(F)(F)F)oc1Br. The quantitative estimate of drug-likeness (QED) is 0.700. The minimum atomic E-state index is -4.66. The lowest BCUT2D eigenvalue weighted by atomic mass is 10.5. The maximum Gasteiger partial charge on any atom is 0.469 e. The fourth-order valence-corrected chi connectivity index (χ4v) is 0.822. The highest BCUT2D eigenvalue weighted by atomic mass is 79.9. The Morgan fingerprint density at radius 2 is 2.08 bits per heavy atom. The molecule has 1 heterocycles. The molecular formula is C5BrF3N2O. The number of oxazole rings is 1. The summed E-state index contributed by atoms with van der Waals surface area (Å²) < 4.78 is 39.3. The molecule has 0 spiro atoms. The normalized spacial score (nSPS) is 11.2. The van der Waals surface area contributed by atoms with Gasteiger partial charge in [0.25, 0.3) is 0 Å². The van der Waals surface area contributed by atoms with Crippen LogP contribution in [0.15, 0.2) is 9.09 Å². The minimum absolute atomic E-state index is 0.308. The molecule has 0 atom stereocenters. The number of rotatable bonds is 0. The van der Waals surface area contributed by atoms with E-state index in [0.717, 1.165) is 0 Å². The monoisotopic (exact) mass is 240 g/mol. The molecule has 0 aliphatic carbocycles. The first-order valence-electron chi connectivity index (χ1n) is 2.58. The lowest BCUT2D eigenvalue weighted by Crippen LogP contribution is -2.04. The van der Waals surface area contributed by atoms with E-state index in [1.165, 1.54) is 6.07 Å². The first-order valence-corrected chi connectivity index (χ1v) is 3.38. The summed E-state index contributed by atoms with van der Waals surface area (Å²) >= 11 is 2.62. The number of halogens is 4. The molecule has 0 unspecified atom stereocenters. The molecule has 0 aliphatic heterocycles. The van der Waals surface area contributed by atoms with Crippen molar-refractivity contribution in [2.75, 3.05) is 0 Å². The summed E-state index contributed by atoms with van der Waals surface area (Å²) in [6, 6.07) is 1.44. The highest BCUT2D eigenvalue weighted by molar-refractivity contribution is 9.10. The van der Waals surface area contributed by atoms with Crippen LogP contribution < -0.4 is 0 Å². The second-order valence-corrected chi connectivity index (χ2v) is 2.47. The van der Waals surface area contributed by atoms with E-state index in [-0.39, 0.29) is 4.67 Å². The second kappa shape index (κ2) is 2.79. The van der Waals surface area contributed by atoms with Crippen LogP contribution in [-0.4, -0.2) is 4.98 Å². The minimum Gasteiger partial charge on any atom is -0.424 e. The molecule has 1 aromatic rings. The Balaban J connectivity index is 3.16. The summed E-state index contributed by atoms with van der Waals surface area (Å²) in [4.78, 5) is 2.90. The summed E-state index contributed by atoms with van der Waals surface area (Å²) in [6.07, 6.45) is -4.66. The first-order chi connectivity index (χ1) is 5.45. The second-order valence-electron chi connectivity index (χ2n) is 1.75. The van der Waals surface area contributed by atoms with Crippen molar-refractivity contribution < 1.29 is 17.6 Å². The van der Waals surface area contributed by atoms with E-state index in [0.29, 0.717) is 0 Å². The van der Waals surface area contributed by atoms with E-state index in [9.17, 15) is 13.2 Å². The number of hydrogen-bond acceptors (Lipinski definition) is 3. The van der Waals surface area contributed by atoms with Crippen molar-refractivity contribution in [2.24, 2.45) is 0 Å². The molecule has 0 radical (unpaired) electrons. The van der Waals surface area contributed by atoms with Crippen LogP contribution in [0.3, 0.4) is 0 Å². The van der Waals surface area contributed by atoms with Gasteiger partial charge in [-0.2, -0.15) is 23.4 Å². The Morgan fingerprint density at radius 1 is 1.50 bits per heavy atom. The van der Waals surface area contributed by atoms with Gasteiger partial charge < -0.3 is 4.42 Å². The maximum atomic E-state index is 11.8. The van der Waals surface area contributed by atoms with Crippen LogP contribution in [0.5, 0.6) is 0 Å². The van der Waals surface area contributed by atoms with Crippen LogP contribution in [0.1, 0.15) is 11.6 Å². The maximum absolute atomic E-state index is 11.8. The van der Waals surface area contributed by atoms with E-state index >= 15 is 0 Å². The standard InChI is InChI=1S/C5BrF3N2O/c6-3-2(1-10)11-4(12-3)5(7,8)9. The summed E-state index contributed by atoms with van der Waals surface area (Å²) in [5, 5.41) is 8.23. The first kappa shape index (κ1) is 9.06. The zero-order chi connectivity index (χ0) is 9.35. The molecule has 0 saturated carbocycles. The van der Waals surface area contributed by atoms with Crippen LogP contribution >= 0.6 is 15.9 Å². The van der Waals surface area contributed by atoms with E-state index in [1.54, 1.807) is 0 Å². The molecule has 0 N–H and O–H groups in total. The molecule has 1 aromatic heterocycles. The molecule has 0 bridgehead atoms. The van der Waals surface area contributed by atoms with Gasteiger partial charge >= 0.3 is 12.1 Å². The highest BCUT2D eigenvalue weighted by Crippen LogP contribution is 2.31. The predicted octanol–water partition coefficient (Wildman–Crippen LogP) is 2.33. The van der Waals surface area contributed by atoms with Crippen LogP contribution in [0.2, 0.25) is 0 Å². The average Bonchev–Trinajstić information content (AvgIpc) is 2.29. The van der Waals surface area contributed by atoms with E-state index in [2.05, 4.69) is 25.3 Å². The van der Waals surface area contributed by atoms with Crippen molar-refractivity contribution in [3.63, 3.8) is 0 Å². The molecule has 12 heavy (non-hydrogen) atoms. The van der Waals surface area contributed by atoms with Gasteiger partial charge in [0.05, 0.1) is 0 Å². The number of aromatic nitrogens is 1. The Hall–Kier alpha value is -1.03. The van der Waals surface area contributed by atoms with Gasteiger partial charge in [-0.15, -0.1) is 0 Å². The van der Waals surface area contributed by atoms with Gasteiger partial charge in [-0.05, 0) is 15.9 Å². The predicted molar refractivity (Wildman–Crippen MR) is 33.9 cm³/mol. The molecule has 7 heteroatoms. The average molecular weight is 241 g/mol. The zero-order valence-electron chi connectivity index (χ0n) is 5.31. The Morgan fingerprint density at radius 3 is 2.33 bits per heavy atom. The molecule has 3 nitrogen and oxygen atoms in total. The Bertz CT molecular complexity index is 337. The van der Waals surface area contributed by atoms with Gasteiger partial charge in [0, 0.05) is 0 Å². The van der Waals surface area contributed by atoms with Crippen molar-refractivity contribution in [3.05, 3.63) is 16.3 Å². The van der Waals surface area contributed by atoms with Gasteiger partial charge in [0.2, 0.25) is 4.67 Å². The molecule has 0 fully saturated rings. The third-order valence-corrected chi connectivity index (χ3v) is 1.47. The Kier molecular flexibility index (Phi) is 2.10. The van der Waals surface area contributed by atoms with Gasteiger partial charge in [-0.3, -0.25) is 0 Å². The van der Waals surface area contributed by atoms with Crippen LogP contribution in [-0.2, 0) is 6.18 Å². The van der Waals surface area contributed by atoms with Crippen LogP contribution in [0.25, 0.3) is 0 Å². The molecular weight excluding hydrogens is 241 g/mol. The van der Waals surface area contributed by atoms with Crippen molar-refractivity contribution in [1.82, 2.24) is 4.98 Å². The molecule has 1 rings (SSSR count). The van der Waals surface area contributed by atoms with E-state index < -0.39 is 17.8 Å². The van der Waals surface area contributed by atoms with Gasteiger partial charge in [0.15, 0.2) is 5.69 Å². The fraction of sp³-hybridized carbons (Fsp3) is 0.200. The van der Waals surface area contributed by atoms with E-state index in [4.69, 9.17) is 5.26 Å². The summed E-state index contributed by atoms with van der Waals surface area (Å²) in [5.41, 5.74) is -0.415. The summed E-state index contributed by atoms with van der Waals surface area (Å²) in [7, 11) is 0. The van der Waals surface area contributed by atoms with Crippen molar-refractivity contribution in [2.45, 2.75) is 6.18 Å². The molecule has 0 aliphatic rings. The highest BCUT2D eigenvalue weighted by Gasteiger charge is 2.38. The number of nitriles is 1. The third-order valence-electron chi connectivity index (χ3n) is 0.934. The summed E-state index contributed by atoms with van der Waals surface area (Å²) in [5.74, 6) is -1.43. The fourth-order valence-electron chi connectivity index (χ4n) is 0.492. The van der Waals surface area contributed by atoms with E-state index in [1.807, 2.05) is 0 Å². The molecule has 0 aromatic carbocycles. The van der Waals surface area contributed by atoms with Crippen LogP contribution in [0.4, 0.5) is 13.2 Å². The number of alkyl halides is 3. The van der Waals surface area contributed by atoms with Crippen molar-refractivity contribution in [1.29, 1.82) is 5.26 Å².